The van der Waals surface area contributed by atoms with Gasteiger partial charge in [0, 0.05) is 28.1 Å². The summed E-state index contributed by atoms with van der Waals surface area (Å²) < 4.78 is 0. The number of aliphatic carboxylic acids is 1. The number of nitrogens with one attached hydrogen (secondary N) is 2. The molecule has 1 atom stereocenters. The van der Waals surface area contributed by atoms with E-state index in [0.29, 0.717) is 16.9 Å². The van der Waals surface area contributed by atoms with Gasteiger partial charge in [0.25, 0.3) is 0 Å². The minimum absolute atomic E-state index is 0.245. The Bertz CT molecular complexity index is 1040. The fourth-order valence-electron chi connectivity index (χ4n) is 2.75. The monoisotopic (exact) mass is 366 g/mol. The maximum atomic E-state index is 12.1. The molecule has 5 N–H and O–H groups in total. The van der Waals surface area contributed by atoms with Crippen LogP contribution < -0.4 is 11.1 Å². The highest BCUT2D eigenvalue weighted by atomic mass is 16.4. The highest BCUT2D eigenvalue weighted by Crippen LogP contribution is 2.29. The van der Waals surface area contributed by atoms with Crippen molar-refractivity contribution in [1.82, 2.24) is 10.2 Å². The summed E-state index contributed by atoms with van der Waals surface area (Å²) in [6.45, 7) is 1.56. The van der Waals surface area contributed by atoms with Gasteiger partial charge in [-0.15, -0.1) is 0 Å². The third-order valence-corrected chi connectivity index (χ3v) is 4.18. The molecule has 0 saturated heterocycles. The van der Waals surface area contributed by atoms with Crippen molar-refractivity contribution in [2.24, 2.45) is 11.7 Å². The number of primary amides is 1. The second-order valence-electron chi connectivity index (χ2n) is 6.27. The molecule has 3 rings (SSSR count). The van der Waals surface area contributed by atoms with Gasteiger partial charge in [-0.2, -0.15) is 5.10 Å². The molecule has 0 aliphatic carbocycles. The van der Waals surface area contributed by atoms with Crippen molar-refractivity contribution in [3.05, 3.63) is 48.0 Å². The number of carboxylic acid groups (broad SMARTS) is 1. The van der Waals surface area contributed by atoms with Gasteiger partial charge in [0.05, 0.1) is 17.6 Å². The predicted molar refractivity (Wildman–Crippen MR) is 100 cm³/mol. The molecule has 0 fully saturated rings. The lowest BCUT2D eigenvalue weighted by Crippen LogP contribution is -2.22. The SMILES string of the molecule is C[C@@H](CC(=O)O)C(=O)Nc1cccc(-c2n[nH]c3ccc(C(N)=O)cc23)c1. The first kappa shape index (κ1) is 18.1. The number of rotatable bonds is 6. The highest BCUT2D eigenvalue weighted by molar-refractivity contribution is 6.01. The number of aromatic nitrogens is 2. The zero-order valence-corrected chi connectivity index (χ0v) is 14.5. The summed E-state index contributed by atoms with van der Waals surface area (Å²) in [4.78, 5) is 34.3. The molecule has 2 amide bonds. The van der Waals surface area contributed by atoms with E-state index in [1.54, 1.807) is 43.3 Å². The lowest BCUT2D eigenvalue weighted by atomic mass is 10.0. The quantitative estimate of drug-likeness (QED) is 0.530. The Kier molecular flexibility index (Phi) is 4.89. The van der Waals surface area contributed by atoms with Crippen molar-refractivity contribution < 1.29 is 19.5 Å². The molecule has 27 heavy (non-hydrogen) atoms. The number of carboxylic acids is 1. The first-order valence-electron chi connectivity index (χ1n) is 8.26. The van der Waals surface area contributed by atoms with E-state index in [2.05, 4.69) is 15.5 Å². The number of hydrogen-bond acceptors (Lipinski definition) is 4. The molecule has 3 aromatic rings. The van der Waals surface area contributed by atoms with E-state index in [9.17, 15) is 14.4 Å². The number of carbonyl (C=O) groups is 3. The van der Waals surface area contributed by atoms with Crippen LogP contribution in [-0.2, 0) is 9.59 Å². The van der Waals surface area contributed by atoms with Gasteiger partial charge in [-0.25, -0.2) is 0 Å². The van der Waals surface area contributed by atoms with Gasteiger partial charge in [0.15, 0.2) is 0 Å². The Labute approximate surface area is 154 Å². The maximum absolute atomic E-state index is 12.1. The van der Waals surface area contributed by atoms with Crippen LogP contribution in [0.15, 0.2) is 42.5 Å². The van der Waals surface area contributed by atoms with Crippen LogP contribution in [0, 0.1) is 5.92 Å². The average molecular weight is 366 g/mol. The summed E-state index contributed by atoms with van der Waals surface area (Å²) in [5.74, 6) is -2.59. The van der Waals surface area contributed by atoms with E-state index in [1.165, 1.54) is 0 Å². The third kappa shape index (κ3) is 3.95. The van der Waals surface area contributed by atoms with Crippen LogP contribution in [0.2, 0.25) is 0 Å². The number of nitrogens with two attached hydrogens (primary N) is 1. The minimum atomic E-state index is -1.03. The van der Waals surface area contributed by atoms with Crippen LogP contribution >= 0.6 is 0 Å². The molecular weight excluding hydrogens is 348 g/mol. The number of hydrogen-bond donors (Lipinski definition) is 4. The topological polar surface area (TPSA) is 138 Å². The summed E-state index contributed by atoms with van der Waals surface area (Å²) in [6, 6.07) is 12.0. The molecule has 1 aromatic heterocycles. The molecule has 0 aliphatic rings. The second-order valence-corrected chi connectivity index (χ2v) is 6.27. The van der Waals surface area contributed by atoms with Crippen molar-refractivity contribution in [1.29, 1.82) is 0 Å². The van der Waals surface area contributed by atoms with Gasteiger partial charge in [-0.3, -0.25) is 19.5 Å². The number of fused-ring (bicyclic) bond motifs is 1. The molecule has 8 heteroatoms. The smallest absolute Gasteiger partial charge is 0.304 e. The molecule has 8 nitrogen and oxygen atoms in total. The largest absolute Gasteiger partial charge is 0.481 e. The zero-order valence-electron chi connectivity index (χ0n) is 14.5. The van der Waals surface area contributed by atoms with E-state index < -0.39 is 17.8 Å². The van der Waals surface area contributed by atoms with Gasteiger partial charge in [0.2, 0.25) is 11.8 Å². The van der Waals surface area contributed by atoms with Crippen LogP contribution in [-0.4, -0.2) is 33.1 Å². The van der Waals surface area contributed by atoms with Crippen molar-refractivity contribution >= 4 is 34.4 Å². The Morgan fingerprint density at radius 1 is 1.22 bits per heavy atom. The standard InChI is InChI=1S/C19H18N4O4/c1-10(7-16(24)25)19(27)21-13-4-2-3-11(8-13)17-14-9-12(18(20)26)5-6-15(14)22-23-17/h2-6,8-10H,7H2,1H3,(H2,20,26)(H,21,27)(H,22,23)(H,24,25)/t10-/m0/s1. The number of benzene rings is 2. The van der Waals surface area contributed by atoms with Crippen molar-refractivity contribution in [2.75, 3.05) is 5.32 Å². The van der Waals surface area contributed by atoms with Gasteiger partial charge in [-0.1, -0.05) is 19.1 Å². The van der Waals surface area contributed by atoms with E-state index in [4.69, 9.17) is 10.8 Å². The van der Waals surface area contributed by atoms with E-state index in [-0.39, 0.29) is 12.3 Å². The molecule has 2 aromatic carbocycles. The van der Waals surface area contributed by atoms with Crippen LogP contribution in [0.1, 0.15) is 23.7 Å². The fourth-order valence-corrected chi connectivity index (χ4v) is 2.75. The summed E-state index contributed by atoms with van der Waals surface area (Å²) in [5, 5.41) is 19.4. The molecular formula is C19H18N4O4. The Morgan fingerprint density at radius 3 is 2.70 bits per heavy atom. The summed E-state index contributed by atoms with van der Waals surface area (Å²) >= 11 is 0. The molecule has 0 spiro atoms. The average Bonchev–Trinajstić information content (AvgIpc) is 3.04. The lowest BCUT2D eigenvalue weighted by Gasteiger charge is -2.11. The van der Waals surface area contributed by atoms with Crippen molar-refractivity contribution in [3.63, 3.8) is 0 Å². The van der Waals surface area contributed by atoms with Crippen LogP contribution in [0.25, 0.3) is 22.2 Å². The van der Waals surface area contributed by atoms with Crippen LogP contribution in [0.3, 0.4) is 0 Å². The van der Waals surface area contributed by atoms with E-state index >= 15 is 0 Å². The number of carbonyl (C=O) groups excluding carboxylic acids is 2. The number of anilines is 1. The fraction of sp³-hybridized carbons (Fsp3) is 0.158. The highest BCUT2D eigenvalue weighted by Gasteiger charge is 2.17. The molecule has 1 heterocycles. The van der Waals surface area contributed by atoms with Gasteiger partial charge in [0.1, 0.15) is 0 Å². The number of aromatic amines is 1. The molecule has 0 unspecified atom stereocenters. The first-order chi connectivity index (χ1) is 12.8. The third-order valence-electron chi connectivity index (χ3n) is 4.18. The van der Waals surface area contributed by atoms with Gasteiger partial charge in [-0.05, 0) is 30.3 Å². The number of H-pyrrole nitrogens is 1. The Morgan fingerprint density at radius 2 is 2.00 bits per heavy atom. The zero-order chi connectivity index (χ0) is 19.6. The second kappa shape index (κ2) is 7.28. The maximum Gasteiger partial charge on any atom is 0.304 e. The molecule has 138 valence electrons. The van der Waals surface area contributed by atoms with Crippen molar-refractivity contribution in [3.8, 4) is 11.3 Å². The van der Waals surface area contributed by atoms with Crippen LogP contribution in [0.5, 0.6) is 0 Å². The summed E-state index contributed by atoms with van der Waals surface area (Å²) in [5.41, 5.74) is 8.33. The van der Waals surface area contributed by atoms with Crippen LogP contribution in [0.4, 0.5) is 5.69 Å². The van der Waals surface area contributed by atoms with E-state index in [1.807, 2.05) is 6.07 Å². The molecule has 0 aliphatic heterocycles. The molecule has 0 bridgehead atoms. The lowest BCUT2D eigenvalue weighted by molar-refractivity contribution is -0.139. The number of nitrogens with zero attached hydrogens (tertiary/aromatic N) is 1. The summed E-state index contributed by atoms with van der Waals surface area (Å²) in [6.07, 6.45) is -0.245. The Balaban J connectivity index is 1.91. The molecule has 0 saturated carbocycles. The molecule has 0 radical (unpaired) electrons. The number of amides is 2. The van der Waals surface area contributed by atoms with Gasteiger partial charge < -0.3 is 16.2 Å². The Hall–Kier alpha value is -3.68. The normalized spacial score (nSPS) is 11.9. The minimum Gasteiger partial charge on any atom is -0.481 e. The summed E-state index contributed by atoms with van der Waals surface area (Å²) in [7, 11) is 0. The predicted octanol–water partition coefficient (Wildman–Crippen LogP) is 2.38. The van der Waals surface area contributed by atoms with E-state index in [0.717, 1.165) is 16.5 Å². The first-order valence-corrected chi connectivity index (χ1v) is 8.26. The van der Waals surface area contributed by atoms with Gasteiger partial charge >= 0.3 is 5.97 Å². The van der Waals surface area contributed by atoms with Crippen molar-refractivity contribution in [2.45, 2.75) is 13.3 Å².